The standard InChI is InChI=1S/C19H20O.CH3.3ClH.Ti/c1-12-13(2)18-15-10-6-7-11-16(15)20-19(18)17(12)14-8-4-3-5-9-14;;;;;/h3-13,17-19H,1-2H3;1H3;3*1H;/q;-1;;;;+4/p-3. The number of para-hydroxylation sites is 1. The third-order valence-corrected chi connectivity index (χ3v) is 5.40. The quantitative estimate of drug-likeness (QED) is 0.344. The summed E-state index contributed by atoms with van der Waals surface area (Å²) in [4.78, 5) is 0. The van der Waals surface area contributed by atoms with Crippen LogP contribution in [0.4, 0.5) is 0 Å². The first-order valence-corrected chi connectivity index (χ1v) is 14.6. The molecule has 1 aliphatic carbocycles. The number of ether oxygens (including phenoxy) is 1. The summed E-state index contributed by atoms with van der Waals surface area (Å²) in [7, 11) is 14.9. The van der Waals surface area contributed by atoms with Crippen LogP contribution in [0.2, 0.25) is 0 Å². The van der Waals surface area contributed by atoms with Crippen LogP contribution in [0.1, 0.15) is 36.8 Å². The molecule has 0 saturated heterocycles. The second-order valence-electron chi connectivity index (χ2n) is 6.52. The first kappa shape index (κ1) is 21.1. The molecule has 0 radical (unpaired) electrons. The molecule has 2 aliphatic rings. The second-order valence-corrected chi connectivity index (χ2v) is 14.3. The van der Waals surface area contributed by atoms with Crippen molar-refractivity contribution in [3.8, 4) is 5.75 Å². The van der Waals surface area contributed by atoms with Gasteiger partial charge in [-0.1, -0.05) is 62.4 Å². The average molecular weight is 434 g/mol. The fraction of sp³-hybridized carbons (Fsp3) is 0.350. The van der Waals surface area contributed by atoms with Gasteiger partial charge in [0.25, 0.3) is 0 Å². The number of rotatable bonds is 1. The average Bonchev–Trinajstić information content (AvgIpc) is 3.04. The summed E-state index contributed by atoms with van der Waals surface area (Å²) in [5.41, 5.74) is 2.84. The zero-order chi connectivity index (χ0) is 17.3. The Morgan fingerprint density at radius 3 is 1.96 bits per heavy atom. The zero-order valence-electron chi connectivity index (χ0n) is 14.6. The van der Waals surface area contributed by atoms with Crippen molar-refractivity contribution >= 4 is 27.9 Å². The topological polar surface area (TPSA) is 9.23 Å². The Labute approximate surface area is 169 Å². The molecule has 1 fully saturated rings. The van der Waals surface area contributed by atoms with Crippen LogP contribution in [0.3, 0.4) is 0 Å². The van der Waals surface area contributed by atoms with Crippen LogP contribution in [-0.4, -0.2) is 6.10 Å². The molecule has 4 rings (SSSR count). The Balaban J connectivity index is 0.000000411. The third-order valence-electron chi connectivity index (χ3n) is 5.40. The van der Waals surface area contributed by atoms with Gasteiger partial charge in [0.2, 0.25) is 0 Å². The van der Waals surface area contributed by atoms with E-state index in [1.807, 2.05) is 0 Å². The summed E-state index contributed by atoms with van der Waals surface area (Å²) in [5, 5.41) is 0. The Bertz CT molecular complexity index is 675. The Morgan fingerprint density at radius 2 is 1.32 bits per heavy atom. The van der Waals surface area contributed by atoms with Crippen molar-refractivity contribution < 1.29 is 19.4 Å². The molecule has 1 saturated carbocycles. The van der Waals surface area contributed by atoms with E-state index >= 15 is 0 Å². The molecule has 1 heterocycles. The number of fused-ring (bicyclic) bond motifs is 3. The minimum absolute atomic E-state index is 0. The normalized spacial score (nSPS) is 28.6. The van der Waals surface area contributed by atoms with Gasteiger partial charge in [-0.25, -0.2) is 0 Å². The van der Waals surface area contributed by atoms with E-state index in [-0.39, 0.29) is 7.43 Å². The summed E-state index contributed by atoms with van der Waals surface area (Å²) in [5.74, 6) is 3.46. The molecule has 0 spiro atoms. The predicted octanol–water partition coefficient (Wildman–Crippen LogP) is 7.12. The van der Waals surface area contributed by atoms with Crippen molar-refractivity contribution in [2.45, 2.75) is 31.8 Å². The molecule has 0 bridgehead atoms. The SMILES string of the molecule is CC1C(C)C2c3ccccc3OC2C1c1ccccc1.[CH3-].[Cl][Ti+]([Cl])[Cl]. The van der Waals surface area contributed by atoms with E-state index in [9.17, 15) is 0 Å². The fourth-order valence-electron chi connectivity index (χ4n) is 4.26. The van der Waals surface area contributed by atoms with E-state index in [0.29, 0.717) is 29.8 Å². The van der Waals surface area contributed by atoms with Crippen molar-refractivity contribution in [2.24, 2.45) is 11.8 Å². The van der Waals surface area contributed by atoms with E-state index < -0.39 is 14.7 Å². The molecule has 1 nitrogen and oxygen atoms in total. The third kappa shape index (κ3) is 4.39. The molecule has 5 atom stereocenters. The monoisotopic (exact) mass is 432 g/mol. The zero-order valence-corrected chi connectivity index (χ0v) is 18.5. The Morgan fingerprint density at radius 1 is 0.800 bits per heavy atom. The minimum atomic E-state index is -1.92. The number of halogens is 3. The van der Waals surface area contributed by atoms with Crippen molar-refractivity contribution in [3.05, 3.63) is 73.2 Å². The van der Waals surface area contributed by atoms with Crippen LogP contribution in [-0.2, 0) is 14.7 Å². The van der Waals surface area contributed by atoms with Gasteiger partial charge >= 0.3 is 42.6 Å². The van der Waals surface area contributed by atoms with Gasteiger partial charge in [-0.3, -0.25) is 0 Å². The summed E-state index contributed by atoms with van der Waals surface area (Å²) in [6, 6.07) is 19.5. The van der Waals surface area contributed by atoms with Gasteiger partial charge < -0.3 is 12.2 Å². The van der Waals surface area contributed by atoms with Crippen molar-refractivity contribution in [3.63, 3.8) is 0 Å². The number of benzene rings is 2. The van der Waals surface area contributed by atoms with Crippen LogP contribution in [0.5, 0.6) is 5.75 Å². The van der Waals surface area contributed by atoms with Crippen molar-refractivity contribution in [1.29, 1.82) is 0 Å². The molecule has 134 valence electrons. The van der Waals surface area contributed by atoms with Crippen LogP contribution >= 0.6 is 27.9 Å². The van der Waals surface area contributed by atoms with Crippen LogP contribution in [0.15, 0.2) is 54.6 Å². The molecule has 0 N–H and O–H groups in total. The van der Waals surface area contributed by atoms with E-state index in [2.05, 4.69) is 68.4 Å². The summed E-state index contributed by atoms with van der Waals surface area (Å²) in [6.45, 7) is 4.77. The van der Waals surface area contributed by atoms with Crippen molar-refractivity contribution in [1.82, 2.24) is 0 Å². The molecule has 2 aromatic rings. The van der Waals surface area contributed by atoms with Crippen molar-refractivity contribution in [2.75, 3.05) is 0 Å². The molecule has 5 heteroatoms. The van der Waals surface area contributed by atoms with Gasteiger partial charge in [0.15, 0.2) is 0 Å². The molecular formula is C20H23Cl3OTi. The van der Waals surface area contributed by atoms with Gasteiger partial charge in [0.1, 0.15) is 11.9 Å². The van der Waals surface area contributed by atoms with Crippen LogP contribution in [0, 0.1) is 19.3 Å². The van der Waals surface area contributed by atoms with Gasteiger partial charge in [-0.15, -0.1) is 0 Å². The molecular weight excluding hydrogens is 410 g/mol. The molecule has 25 heavy (non-hydrogen) atoms. The molecule has 5 unspecified atom stereocenters. The maximum absolute atomic E-state index is 6.34. The van der Waals surface area contributed by atoms with E-state index in [4.69, 9.17) is 32.7 Å². The van der Waals surface area contributed by atoms with E-state index in [0.717, 1.165) is 5.75 Å². The Hall–Kier alpha value is -0.176. The van der Waals surface area contributed by atoms with Gasteiger partial charge in [0, 0.05) is 17.4 Å². The summed E-state index contributed by atoms with van der Waals surface area (Å²) in [6.07, 6.45) is 0.305. The van der Waals surface area contributed by atoms with Gasteiger partial charge in [-0.05, 0) is 23.5 Å². The molecule has 0 amide bonds. The number of hydrogen-bond donors (Lipinski definition) is 0. The second kappa shape index (κ2) is 9.15. The Kier molecular flexibility index (Phi) is 7.74. The van der Waals surface area contributed by atoms with Gasteiger partial charge in [0.05, 0.1) is 0 Å². The summed E-state index contributed by atoms with van der Waals surface area (Å²) < 4.78 is 6.34. The van der Waals surface area contributed by atoms with Crippen LogP contribution in [0.25, 0.3) is 0 Å². The van der Waals surface area contributed by atoms with Crippen LogP contribution < -0.4 is 4.74 Å². The number of hydrogen-bond acceptors (Lipinski definition) is 1. The maximum atomic E-state index is 6.34. The summed E-state index contributed by atoms with van der Waals surface area (Å²) >= 11 is -1.92. The molecule has 2 aromatic carbocycles. The van der Waals surface area contributed by atoms with E-state index in [1.165, 1.54) is 11.1 Å². The first-order chi connectivity index (χ1) is 11.5. The first-order valence-electron chi connectivity index (χ1n) is 8.14. The van der Waals surface area contributed by atoms with Gasteiger partial charge in [-0.2, -0.15) is 0 Å². The predicted molar refractivity (Wildman–Crippen MR) is 105 cm³/mol. The molecule has 1 aliphatic heterocycles. The molecule has 0 aromatic heterocycles. The fourth-order valence-corrected chi connectivity index (χ4v) is 4.26. The van der Waals surface area contributed by atoms with E-state index in [1.54, 1.807) is 0 Å².